The first-order chi connectivity index (χ1) is 46.5. The van der Waals surface area contributed by atoms with Crippen LogP contribution in [-0.2, 0) is 81.5 Å². The molecule has 21 N–H and O–H groups in total. The third kappa shape index (κ3) is 25.0. The van der Waals surface area contributed by atoms with Crippen molar-refractivity contribution < 1.29 is 87.8 Å². The number of likely N-dealkylation sites (tertiary alicyclic amines) is 1. The van der Waals surface area contributed by atoms with Crippen LogP contribution in [0, 0.1) is 11.8 Å². The van der Waals surface area contributed by atoms with E-state index < -0.39 is 199 Å². The van der Waals surface area contributed by atoms with Crippen LogP contribution < -0.4 is 65.5 Å². The maximum absolute atomic E-state index is 14.8. The van der Waals surface area contributed by atoms with Gasteiger partial charge in [-0.2, -0.15) is 0 Å². The molecule has 15 atom stereocenters. The summed E-state index contributed by atoms with van der Waals surface area (Å²) in [4.78, 5) is 168. The monoisotopic (exact) mass is 1390 g/mol. The van der Waals surface area contributed by atoms with E-state index in [0.717, 1.165) is 5.56 Å². The highest BCUT2D eigenvalue weighted by molar-refractivity contribution is 7.99. The third-order valence-corrected chi connectivity index (χ3v) is 17.7. The number of aliphatic hydroxyl groups excluding tert-OH is 4. The van der Waals surface area contributed by atoms with E-state index >= 15 is 0 Å². The Kier molecular flexibility index (Phi) is 32.4. The number of primary amides is 2. The second kappa shape index (κ2) is 39.7. The van der Waals surface area contributed by atoms with Crippen LogP contribution in [0.1, 0.15) is 95.8 Å². The maximum Gasteiger partial charge on any atom is 0.326 e. The van der Waals surface area contributed by atoms with Gasteiger partial charge < -0.3 is 101 Å². The van der Waals surface area contributed by atoms with Crippen LogP contribution in [0.4, 0.5) is 0 Å². The van der Waals surface area contributed by atoms with Gasteiger partial charge >= 0.3 is 5.97 Å². The topological polar surface area (TPSA) is 519 Å². The minimum absolute atomic E-state index is 0.0492. The maximum atomic E-state index is 14.8. The molecule has 0 bridgehead atoms. The number of aliphatic hydroxyl groups is 4. The molecule has 32 heteroatoms. The highest BCUT2D eigenvalue weighted by Gasteiger charge is 2.45. The van der Waals surface area contributed by atoms with Crippen molar-refractivity contribution in [3.8, 4) is 0 Å². The van der Waals surface area contributed by atoms with E-state index in [2.05, 4.69) is 42.5 Å². The predicted octanol–water partition coefficient (Wildman–Crippen LogP) is -3.89. The number of nitrogens with zero attached hydrogens (tertiary/aromatic N) is 1. The summed E-state index contributed by atoms with van der Waals surface area (Å²) in [7, 11) is 0. The van der Waals surface area contributed by atoms with E-state index in [9.17, 15) is 83.1 Å². The molecule has 2 aliphatic heterocycles. The second-order valence-electron chi connectivity index (χ2n) is 25.1. The van der Waals surface area contributed by atoms with Crippen molar-refractivity contribution in [2.24, 2.45) is 34.8 Å². The fourth-order valence-electron chi connectivity index (χ4n) is 11.1. The van der Waals surface area contributed by atoms with Crippen molar-refractivity contribution in [3.05, 3.63) is 108 Å². The van der Waals surface area contributed by atoms with Crippen molar-refractivity contribution in [1.82, 2.24) is 47.4 Å². The fraction of sp³-hybridized carbons (Fsp3) is 0.545. The SMILES string of the molecule is CC(C)C[C@H](NC(=O)[C@H](CCCN)NC(=O)[C@@H](NC(=O)[C@H](CS[C@@H]1O[C@H](CO)[C@H](O)[C@H](O)[C@H]1O)NC(=O)[C@H](CCC(N)=O)NC(=O)[C@H](CC(N)=O)NC(=O)[C@@H](Cc1ccccc1)NC(=O)[C@H](Cc1ccccc1)NC(=O)[C@@H]1CCCN1C(=O)[C@H](N)Cc1ccccc1)C(C)C)C(=O)O. The summed E-state index contributed by atoms with van der Waals surface area (Å²) in [5, 5.41) is 72.2. The molecule has 0 aromatic heterocycles. The minimum Gasteiger partial charge on any atom is -0.480 e. The lowest BCUT2D eigenvalue weighted by Gasteiger charge is -2.40. The molecule has 0 unspecified atom stereocenters. The summed E-state index contributed by atoms with van der Waals surface area (Å²) in [5.74, 6) is -13.5. The molecule has 5 rings (SSSR count). The number of hydrogen-bond donors (Lipinski definition) is 17. The molecule has 0 aliphatic carbocycles. The van der Waals surface area contributed by atoms with E-state index in [0.29, 0.717) is 29.3 Å². The Balaban J connectivity index is 1.43. The summed E-state index contributed by atoms with van der Waals surface area (Å²) in [6, 6.07) is 11.2. The van der Waals surface area contributed by atoms with E-state index in [-0.39, 0.29) is 64.0 Å². The van der Waals surface area contributed by atoms with Crippen LogP contribution >= 0.6 is 11.8 Å². The summed E-state index contributed by atoms with van der Waals surface area (Å²) in [6.45, 7) is 6.01. The number of thioether (sulfide) groups is 1. The summed E-state index contributed by atoms with van der Waals surface area (Å²) in [5.41, 5.74) is 23.7. The zero-order valence-electron chi connectivity index (χ0n) is 55.3. The van der Waals surface area contributed by atoms with E-state index in [4.69, 9.17) is 27.7 Å². The molecule has 0 saturated carbocycles. The zero-order valence-corrected chi connectivity index (χ0v) is 56.1. The normalized spacial score (nSPS) is 20.3. The number of amides is 11. The fourth-order valence-corrected chi connectivity index (χ4v) is 12.3. The van der Waals surface area contributed by atoms with Gasteiger partial charge in [0.2, 0.25) is 65.0 Å². The largest absolute Gasteiger partial charge is 0.480 e. The van der Waals surface area contributed by atoms with Crippen LogP contribution in [0.15, 0.2) is 91.0 Å². The molecule has 0 spiro atoms. The first kappa shape index (κ1) is 80.1. The van der Waals surface area contributed by atoms with Gasteiger partial charge in [0.25, 0.3) is 0 Å². The standard InChI is InChI=1S/C66H95N13O18S/c1-35(2)28-46(65(95)96)76-56(86)41(22-14-26-67)72-63(93)52(36(3)4)78-61(91)47(34-98-66-55(85)54(84)53(83)49(33-80)97-66)77-57(87)42(24-25-50(69)81)71-60(90)45(32-51(70)82)74-58(88)43(30-38-18-10-6-11-19-38)73-59(89)44(31-39-20-12-7-13-21-39)75-62(92)48-23-15-27-79(48)64(94)40(68)29-37-16-8-5-9-17-37/h5-13,16-21,35-36,40-49,52-55,66,80,83-85H,14-15,22-34,67-68H2,1-4H3,(H2,69,81)(H2,70,82)(H,71,90)(H,72,93)(H,73,89)(H,74,88)(H,75,92)(H,76,86)(H,77,87)(H,78,91)(H,95,96)/t40-,41+,42+,43-,44+,45+,46+,47+,48+,49-,52+,53+,54+,55-,66+/m1/s1. The molecule has 2 saturated heterocycles. The van der Waals surface area contributed by atoms with Crippen LogP contribution in [0.25, 0.3) is 0 Å². The lowest BCUT2D eigenvalue weighted by Crippen LogP contribution is -2.62. The predicted molar refractivity (Wildman–Crippen MR) is 357 cm³/mol. The van der Waals surface area contributed by atoms with E-state index in [1.54, 1.807) is 74.5 Å². The smallest absolute Gasteiger partial charge is 0.326 e. The molecular formula is C66H95N13O18S. The van der Waals surface area contributed by atoms with Crippen molar-refractivity contribution in [3.63, 3.8) is 0 Å². The van der Waals surface area contributed by atoms with Crippen molar-refractivity contribution in [1.29, 1.82) is 0 Å². The molecule has 31 nitrogen and oxygen atoms in total. The molecule has 0 radical (unpaired) electrons. The zero-order chi connectivity index (χ0) is 72.3. The molecule has 11 amide bonds. The summed E-state index contributed by atoms with van der Waals surface area (Å²) >= 11 is 0.598. The molecule has 2 heterocycles. The molecule has 2 aliphatic rings. The summed E-state index contributed by atoms with van der Waals surface area (Å²) in [6.07, 6.45) is -8.34. The van der Waals surface area contributed by atoms with Crippen molar-refractivity contribution in [2.75, 3.05) is 25.4 Å². The number of nitrogens with one attached hydrogen (secondary N) is 8. The Morgan fingerprint density at radius 3 is 1.55 bits per heavy atom. The number of benzene rings is 3. The van der Waals surface area contributed by atoms with Gasteiger partial charge in [-0.05, 0) is 80.0 Å². The number of carboxylic acids is 1. The molecule has 3 aromatic rings. The highest BCUT2D eigenvalue weighted by Crippen LogP contribution is 2.29. The highest BCUT2D eigenvalue weighted by atomic mass is 32.2. The Bertz CT molecular complexity index is 3180. The number of rotatable bonds is 39. The minimum atomic E-state index is -1.94. The van der Waals surface area contributed by atoms with Gasteiger partial charge in [0.1, 0.15) is 84.2 Å². The Morgan fingerprint density at radius 2 is 1.04 bits per heavy atom. The number of carboxylic acid groups (broad SMARTS) is 1. The molecule has 2 fully saturated rings. The third-order valence-electron chi connectivity index (χ3n) is 16.4. The van der Waals surface area contributed by atoms with Gasteiger partial charge in [0.05, 0.1) is 19.1 Å². The van der Waals surface area contributed by atoms with Crippen LogP contribution in [0.3, 0.4) is 0 Å². The van der Waals surface area contributed by atoms with Gasteiger partial charge in [0.15, 0.2) is 0 Å². The van der Waals surface area contributed by atoms with Crippen LogP contribution in [0.2, 0.25) is 0 Å². The van der Waals surface area contributed by atoms with Gasteiger partial charge in [0, 0.05) is 31.6 Å². The first-order valence-electron chi connectivity index (χ1n) is 32.5. The average Bonchev–Trinajstić information content (AvgIpc) is 1.19. The first-order valence-corrected chi connectivity index (χ1v) is 33.6. The molecule has 538 valence electrons. The lowest BCUT2D eigenvalue weighted by molar-refractivity contribution is -0.205. The van der Waals surface area contributed by atoms with E-state index in [1.165, 1.54) is 18.7 Å². The van der Waals surface area contributed by atoms with Gasteiger partial charge in [-0.15, -0.1) is 11.8 Å². The molecule has 3 aromatic carbocycles. The van der Waals surface area contributed by atoms with Crippen LogP contribution in [-0.4, -0.2) is 217 Å². The van der Waals surface area contributed by atoms with Crippen molar-refractivity contribution >= 4 is 82.7 Å². The second-order valence-corrected chi connectivity index (χ2v) is 26.3. The summed E-state index contributed by atoms with van der Waals surface area (Å²) < 4.78 is 5.64. The van der Waals surface area contributed by atoms with Crippen LogP contribution in [0.5, 0.6) is 0 Å². The Morgan fingerprint density at radius 1 is 0.571 bits per heavy atom. The number of hydrogen-bond acceptors (Lipinski definition) is 20. The van der Waals surface area contributed by atoms with Gasteiger partial charge in [-0.25, -0.2) is 4.79 Å². The Labute approximate surface area is 572 Å². The van der Waals surface area contributed by atoms with Gasteiger partial charge in [-0.3, -0.25) is 52.7 Å². The lowest BCUT2D eigenvalue weighted by atomic mass is 10.0. The number of carbonyl (C=O) groups excluding carboxylic acids is 11. The average molecular weight is 1390 g/mol. The number of nitrogens with two attached hydrogens (primary N) is 4. The number of ether oxygens (including phenoxy) is 1. The molecular weight excluding hydrogens is 1290 g/mol. The van der Waals surface area contributed by atoms with E-state index in [1.807, 2.05) is 30.3 Å². The Hall–Kier alpha value is -8.63. The molecule has 98 heavy (non-hydrogen) atoms. The van der Waals surface area contributed by atoms with Gasteiger partial charge in [-0.1, -0.05) is 119 Å². The number of carbonyl (C=O) groups is 12. The quantitative estimate of drug-likeness (QED) is 0.0260. The number of aliphatic carboxylic acids is 1. The van der Waals surface area contributed by atoms with Crippen molar-refractivity contribution in [2.45, 2.75) is 189 Å².